The van der Waals surface area contributed by atoms with Gasteiger partial charge in [-0.25, -0.2) is 0 Å². The molecule has 0 atom stereocenters. The molecule has 0 radical (unpaired) electrons. The molecule has 0 rings (SSSR count). The Morgan fingerprint density at radius 1 is 0.571 bits per heavy atom. The summed E-state index contributed by atoms with van der Waals surface area (Å²) in [5.41, 5.74) is 0. The second-order valence-corrected chi connectivity index (χ2v) is 0. The molecule has 0 heterocycles. The molecule has 0 unspecified atom stereocenters. The third kappa shape index (κ3) is 47.6. The van der Waals surface area contributed by atoms with E-state index in [0.717, 1.165) is 0 Å². The molecule has 0 aliphatic rings. The first-order chi connectivity index (χ1) is 0. The maximum atomic E-state index is 0. The van der Waals surface area contributed by atoms with Gasteiger partial charge in [-0.1, -0.05) is 0 Å². The summed E-state index contributed by atoms with van der Waals surface area (Å²) in [6.45, 7) is 0. The summed E-state index contributed by atoms with van der Waals surface area (Å²) in [5, 5.41) is 0. The van der Waals surface area contributed by atoms with E-state index in [-0.39, 0.29) is 111 Å². The van der Waals surface area contributed by atoms with E-state index >= 15 is 0 Å². The number of hydrogen-bond donors (Lipinski definition) is 0. The van der Waals surface area contributed by atoms with Gasteiger partial charge < -0.3 is 47.9 Å². The molecule has 0 fully saturated rings. The van der Waals surface area contributed by atoms with Crippen LogP contribution in [-0.4, -0.2) is 0 Å². The number of thiol groups is 3. The molecule has 0 nitrogen and oxygen atoms in total. The first-order valence-corrected chi connectivity index (χ1v) is 0. The molecule has 6 heteroatoms. The van der Waals surface area contributed by atoms with Gasteiger partial charge in [-0.3, -0.25) is 0 Å². The zero-order chi connectivity index (χ0) is 0. The van der Waals surface area contributed by atoms with Gasteiger partial charge in [-0.2, -0.15) is 0 Å². The predicted molar refractivity (Wildman–Crippen MR) is 32.7 cm³/mol. The van der Waals surface area contributed by atoms with Crippen molar-refractivity contribution in [3.8, 4) is 0 Å². The second-order valence-electron chi connectivity index (χ2n) is 0. The van der Waals surface area contributed by atoms with Crippen LogP contribution >= 0.6 is 0 Å². The van der Waals surface area contributed by atoms with Crippen molar-refractivity contribution in [2.24, 2.45) is 0 Å². The smallest absolute Gasteiger partial charge is 0.813 e. The zero-order valence-corrected chi connectivity index (χ0v) is 12.3. The van der Waals surface area contributed by atoms with Crippen LogP contribution in [0.3, 0.4) is 0 Å². The standard InChI is InChI=1S/CH3.3Mo.3H2S/h1H3;;;;3*1H2/q-1;;;+2;;;/p-3. The first kappa shape index (κ1) is 86.6. The SMILES string of the molecule is [CH3-].[Mo+2].[Mo].[Mo].[SH-].[SH-].[SH-]. The average molecular weight is 402 g/mol. The Labute approximate surface area is 109 Å². The van der Waals surface area contributed by atoms with Crippen molar-refractivity contribution in [3.05, 3.63) is 7.43 Å². The topological polar surface area (TPSA) is 0 Å². The normalized spacial score (nSPS) is 0. The average Bonchev–Trinajstić information content (AvgIpc) is 0. The molecule has 0 spiro atoms. The van der Waals surface area contributed by atoms with Crippen molar-refractivity contribution < 1.29 is 63.2 Å². The van der Waals surface area contributed by atoms with E-state index < -0.39 is 0 Å². The largest absolute Gasteiger partial charge is 2.00 e. The first-order valence-electron chi connectivity index (χ1n) is 0. The van der Waals surface area contributed by atoms with Crippen LogP contribution in [0.1, 0.15) is 0 Å². The third-order valence-corrected chi connectivity index (χ3v) is 0. The Kier molecular flexibility index (Phi) is 765. The van der Waals surface area contributed by atoms with Crippen molar-refractivity contribution in [2.45, 2.75) is 0 Å². The Morgan fingerprint density at radius 2 is 0.571 bits per heavy atom. The fourth-order valence-corrected chi connectivity index (χ4v) is 0. The van der Waals surface area contributed by atoms with E-state index in [4.69, 9.17) is 0 Å². The summed E-state index contributed by atoms with van der Waals surface area (Å²) in [5.74, 6) is 0. The van der Waals surface area contributed by atoms with E-state index in [0.29, 0.717) is 0 Å². The fraction of sp³-hybridized carbons (Fsp3) is 0. The summed E-state index contributed by atoms with van der Waals surface area (Å²) >= 11 is 0. The number of hydrogen-bond acceptors (Lipinski definition) is 3. The van der Waals surface area contributed by atoms with Crippen molar-refractivity contribution in [2.75, 3.05) is 0 Å². The Hall–Kier alpha value is 3.11. The van der Waals surface area contributed by atoms with Crippen LogP contribution < -0.4 is 0 Å². The molecule has 7 heavy (non-hydrogen) atoms. The molecule has 0 aromatic rings. The Balaban J connectivity index is 0. The van der Waals surface area contributed by atoms with E-state index in [9.17, 15) is 0 Å². The van der Waals surface area contributed by atoms with Crippen LogP contribution in [0.5, 0.6) is 0 Å². The zero-order valence-electron chi connectivity index (χ0n) is 3.57. The summed E-state index contributed by atoms with van der Waals surface area (Å²) in [4.78, 5) is 0. The fourth-order valence-electron chi connectivity index (χ4n) is 0. The van der Waals surface area contributed by atoms with Crippen LogP contribution in [0.25, 0.3) is 0 Å². The van der Waals surface area contributed by atoms with Gasteiger partial charge in [0, 0.05) is 42.1 Å². The molecule has 48 valence electrons. The minimum Gasteiger partial charge on any atom is -0.813 e. The summed E-state index contributed by atoms with van der Waals surface area (Å²) in [6, 6.07) is 0. The van der Waals surface area contributed by atoms with Crippen LogP contribution in [0, 0.1) is 7.43 Å². The monoisotopic (exact) mass is 408 g/mol. The van der Waals surface area contributed by atoms with Gasteiger partial charge in [0.25, 0.3) is 0 Å². The predicted octanol–water partition coefficient (Wildman–Crippen LogP) is -0.368. The number of rotatable bonds is 0. The van der Waals surface area contributed by atoms with Crippen molar-refractivity contribution in [1.82, 2.24) is 0 Å². The summed E-state index contributed by atoms with van der Waals surface area (Å²) in [7, 11) is 0. The molecule has 0 bridgehead atoms. The summed E-state index contributed by atoms with van der Waals surface area (Å²) in [6.07, 6.45) is 0. The molecule has 0 aromatic heterocycles. The van der Waals surface area contributed by atoms with Crippen molar-refractivity contribution >= 4 is 40.5 Å². The summed E-state index contributed by atoms with van der Waals surface area (Å²) < 4.78 is 0. The van der Waals surface area contributed by atoms with Crippen molar-refractivity contribution in [1.29, 1.82) is 0 Å². The molecule has 0 saturated heterocycles. The van der Waals surface area contributed by atoms with Crippen molar-refractivity contribution in [3.63, 3.8) is 0 Å². The van der Waals surface area contributed by atoms with E-state index in [1.165, 1.54) is 0 Å². The van der Waals surface area contributed by atoms with Gasteiger partial charge in [0.05, 0.1) is 0 Å². The van der Waals surface area contributed by atoms with E-state index in [2.05, 4.69) is 0 Å². The van der Waals surface area contributed by atoms with Crippen LogP contribution in [-0.2, 0) is 104 Å². The van der Waals surface area contributed by atoms with Gasteiger partial charge >= 0.3 is 21.1 Å². The molecule has 0 aliphatic heterocycles. The van der Waals surface area contributed by atoms with Crippen LogP contribution in [0.4, 0.5) is 0 Å². The van der Waals surface area contributed by atoms with Gasteiger partial charge in [0.2, 0.25) is 0 Å². The third-order valence-electron chi connectivity index (χ3n) is 0. The molecule has 0 amide bonds. The molecular formula is CH6Mo3S3-2. The Morgan fingerprint density at radius 3 is 0.571 bits per heavy atom. The minimum atomic E-state index is 0. The molecule has 0 N–H and O–H groups in total. The minimum absolute atomic E-state index is 0. The second kappa shape index (κ2) is 61.9. The molecule has 0 saturated carbocycles. The molecule has 0 aliphatic carbocycles. The maximum absolute atomic E-state index is 0. The Bertz CT molecular complexity index is 10.1. The van der Waals surface area contributed by atoms with Crippen LogP contribution in [0.2, 0.25) is 0 Å². The van der Waals surface area contributed by atoms with E-state index in [1.54, 1.807) is 0 Å². The van der Waals surface area contributed by atoms with Crippen LogP contribution in [0.15, 0.2) is 0 Å². The molecular weight excluding hydrogens is 396 g/mol. The van der Waals surface area contributed by atoms with Gasteiger partial charge in [0.1, 0.15) is 0 Å². The molecule has 0 aromatic carbocycles. The van der Waals surface area contributed by atoms with E-state index in [1.807, 2.05) is 0 Å². The van der Waals surface area contributed by atoms with Gasteiger partial charge in [0.15, 0.2) is 0 Å². The maximum Gasteiger partial charge on any atom is 2.00 e. The quantitative estimate of drug-likeness (QED) is 0.235. The van der Waals surface area contributed by atoms with Gasteiger partial charge in [-0.05, 0) is 0 Å². The van der Waals surface area contributed by atoms with Gasteiger partial charge in [-0.15, -0.1) is 0 Å².